The number of aryl methyl sites for hydroxylation is 2. The van der Waals surface area contributed by atoms with E-state index in [1.807, 2.05) is 24.0 Å². The standard InChI is InChI=1S/C19H28N2O3S/c1-2-6-19(22)20-11-5-12-21(14-13-20)25(23,24)18-10-9-16-7-3-4-8-17(16)15-18/h9-10,15H,2-8,11-14H2,1H3. The second-order valence-electron chi connectivity index (χ2n) is 7.03. The first-order chi connectivity index (χ1) is 12.0. The van der Waals surface area contributed by atoms with E-state index >= 15 is 0 Å². The molecule has 0 bridgehead atoms. The van der Waals surface area contributed by atoms with Crippen LogP contribution in [-0.2, 0) is 27.7 Å². The van der Waals surface area contributed by atoms with Gasteiger partial charge >= 0.3 is 0 Å². The third-order valence-corrected chi connectivity index (χ3v) is 7.12. The molecule has 0 saturated carbocycles. The van der Waals surface area contributed by atoms with Crippen LogP contribution in [0.25, 0.3) is 0 Å². The van der Waals surface area contributed by atoms with E-state index in [0.717, 1.165) is 25.7 Å². The summed E-state index contributed by atoms with van der Waals surface area (Å²) in [5, 5.41) is 0. The highest BCUT2D eigenvalue weighted by molar-refractivity contribution is 7.89. The van der Waals surface area contributed by atoms with Crippen molar-refractivity contribution in [2.45, 2.75) is 56.8 Å². The summed E-state index contributed by atoms with van der Waals surface area (Å²) in [5.74, 6) is 0.135. The van der Waals surface area contributed by atoms with Gasteiger partial charge in [0.05, 0.1) is 4.90 Å². The number of hydrogen-bond acceptors (Lipinski definition) is 3. The van der Waals surface area contributed by atoms with Crippen molar-refractivity contribution in [3.8, 4) is 0 Å². The van der Waals surface area contributed by atoms with Crippen LogP contribution in [0.1, 0.15) is 50.2 Å². The zero-order valence-electron chi connectivity index (χ0n) is 15.0. The Bertz CT molecular complexity index is 730. The lowest BCUT2D eigenvalue weighted by atomic mass is 9.92. The Morgan fingerprint density at radius 1 is 1.00 bits per heavy atom. The number of carbonyl (C=O) groups excluding carboxylic acids is 1. The Balaban J connectivity index is 1.75. The molecule has 0 aromatic heterocycles. The molecule has 5 nitrogen and oxygen atoms in total. The van der Waals surface area contributed by atoms with Gasteiger partial charge in [-0.05, 0) is 61.8 Å². The summed E-state index contributed by atoms with van der Waals surface area (Å²) in [7, 11) is -3.48. The molecule has 1 saturated heterocycles. The van der Waals surface area contributed by atoms with Gasteiger partial charge in [0.1, 0.15) is 0 Å². The van der Waals surface area contributed by atoms with Gasteiger partial charge in [-0.15, -0.1) is 0 Å². The van der Waals surface area contributed by atoms with Crippen molar-refractivity contribution in [1.29, 1.82) is 0 Å². The number of carbonyl (C=O) groups is 1. The van der Waals surface area contributed by atoms with Gasteiger partial charge in [0, 0.05) is 32.6 Å². The highest BCUT2D eigenvalue weighted by Gasteiger charge is 2.28. The lowest BCUT2D eigenvalue weighted by Gasteiger charge is -2.23. The summed E-state index contributed by atoms with van der Waals surface area (Å²) in [6.07, 6.45) is 6.40. The molecule has 0 atom stereocenters. The first-order valence-corrected chi connectivity index (χ1v) is 10.9. The summed E-state index contributed by atoms with van der Waals surface area (Å²) >= 11 is 0. The van der Waals surface area contributed by atoms with E-state index in [4.69, 9.17) is 0 Å². The molecule has 0 radical (unpaired) electrons. The number of amides is 1. The summed E-state index contributed by atoms with van der Waals surface area (Å²) < 4.78 is 27.7. The van der Waals surface area contributed by atoms with Gasteiger partial charge < -0.3 is 4.90 Å². The summed E-state index contributed by atoms with van der Waals surface area (Å²) in [6, 6.07) is 5.61. The molecule has 1 aliphatic carbocycles. The van der Waals surface area contributed by atoms with Gasteiger partial charge in [0.15, 0.2) is 0 Å². The van der Waals surface area contributed by atoms with Gasteiger partial charge in [-0.25, -0.2) is 8.42 Å². The van der Waals surface area contributed by atoms with Gasteiger partial charge in [0.25, 0.3) is 0 Å². The Hall–Kier alpha value is -1.40. The highest BCUT2D eigenvalue weighted by atomic mass is 32.2. The van der Waals surface area contributed by atoms with Crippen LogP contribution >= 0.6 is 0 Å². The number of benzene rings is 1. The smallest absolute Gasteiger partial charge is 0.243 e. The monoisotopic (exact) mass is 364 g/mol. The minimum absolute atomic E-state index is 0.135. The van der Waals surface area contributed by atoms with Crippen LogP contribution < -0.4 is 0 Å². The number of rotatable bonds is 4. The summed E-state index contributed by atoms with van der Waals surface area (Å²) in [6.45, 7) is 3.99. The van der Waals surface area contributed by atoms with Crippen molar-refractivity contribution in [2.75, 3.05) is 26.2 Å². The van der Waals surface area contributed by atoms with Crippen molar-refractivity contribution in [3.05, 3.63) is 29.3 Å². The minimum Gasteiger partial charge on any atom is -0.341 e. The fraction of sp³-hybridized carbons (Fsp3) is 0.632. The molecular formula is C19H28N2O3S. The van der Waals surface area contributed by atoms with Gasteiger partial charge in [-0.2, -0.15) is 4.31 Å². The molecule has 25 heavy (non-hydrogen) atoms. The maximum atomic E-state index is 13.1. The van der Waals surface area contributed by atoms with Crippen LogP contribution in [-0.4, -0.2) is 49.7 Å². The van der Waals surface area contributed by atoms with Gasteiger partial charge in [-0.1, -0.05) is 13.0 Å². The largest absolute Gasteiger partial charge is 0.341 e. The van der Waals surface area contributed by atoms with Crippen LogP contribution in [0.15, 0.2) is 23.1 Å². The summed E-state index contributed by atoms with van der Waals surface area (Å²) in [5.41, 5.74) is 2.47. The second-order valence-corrected chi connectivity index (χ2v) is 8.96. The lowest BCUT2D eigenvalue weighted by molar-refractivity contribution is -0.131. The third kappa shape index (κ3) is 4.06. The first kappa shape index (κ1) is 18.4. The SMILES string of the molecule is CCCC(=O)N1CCCN(S(=O)(=O)c2ccc3c(c2)CCCC3)CC1. The number of fused-ring (bicyclic) bond motifs is 1. The molecule has 1 aromatic rings. The molecule has 1 aromatic carbocycles. The Labute approximate surface area is 151 Å². The molecule has 138 valence electrons. The van der Waals surface area contributed by atoms with Crippen LogP contribution in [0.4, 0.5) is 0 Å². The first-order valence-electron chi connectivity index (χ1n) is 9.42. The second kappa shape index (κ2) is 7.87. The fourth-order valence-corrected chi connectivity index (χ4v) is 5.30. The number of sulfonamides is 1. The quantitative estimate of drug-likeness (QED) is 0.825. The Kier molecular flexibility index (Phi) is 5.79. The zero-order valence-corrected chi connectivity index (χ0v) is 15.9. The Morgan fingerprint density at radius 2 is 1.76 bits per heavy atom. The number of nitrogens with zero attached hydrogens (tertiary/aromatic N) is 2. The van der Waals surface area contributed by atoms with E-state index in [1.165, 1.54) is 17.5 Å². The van der Waals surface area contributed by atoms with Crippen molar-refractivity contribution in [3.63, 3.8) is 0 Å². The predicted octanol–water partition coefficient (Wildman–Crippen LogP) is 2.59. The molecule has 1 amide bonds. The third-order valence-electron chi connectivity index (χ3n) is 5.23. The van der Waals surface area contributed by atoms with E-state index in [9.17, 15) is 13.2 Å². The zero-order chi connectivity index (χ0) is 17.9. The normalized spacial score (nSPS) is 19.3. The van der Waals surface area contributed by atoms with Crippen molar-refractivity contribution < 1.29 is 13.2 Å². The molecular weight excluding hydrogens is 336 g/mol. The molecule has 0 spiro atoms. The van der Waals surface area contributed by atoms with E-state index < -0.39 is 10.0 Å². The highest BCUT2D eigenvalue weighted by Crippen LogP contribution is 2.26. The van der Waals surface area contributed by atoms with Crippen LogP contribution in [0.3, 0.4) is 0 Å². The van der Waals surface area contributed by atoms with Gasteiger partial charge in [-0.3, -0.25) is 4.79 Å². The molecule has 2 aliphatic rings. The van der Waals surface area contributed by atoms with E-state index in [2.05, 4.69) is 0 Å². The predicted molar refractivity (Wildman–Crippen MR) is 97.9 cm³/mol. The average Bonchev–Trinajstić information content (AvgIpc) is 2.88. The average molecular weight is 365 g/mol. The van der Waals surface area contributed by atoms with Crippen molar-refractivity contribution >= 4 is 15.9 Å². The van der Waals surface area contributed by atoms with E-state index in [1.54, 1.807) is 10.4 Å². The maximum Gasteiger partial charge on any atom is 0.243 e. The molecule has 6 heteroatoms. The van der Waals surface area contributed by atoms with Crippen LogP contribution in [0.5, 0.6) is 0 Å². The molecule has 1 aliphatic heterocycles. The molecule has 3 rings (SSSR count). The van der Waals surface area contributed by atoms with Gasteiger partial charge in [0.2, 0.25) is 15.9 Å². The number of hydrogen-bond donors (Lipinski definition) is 0. The molecule has 1 fully saturated rings. The molecule has 0 unspecified atom stereocenters. The lowest BCUT2D eigenvalue weighted by Crippen LogP contribution is -2.37. The molecule has 1 heterocycles. The topological polar surface area (TPSA) is 57.7 Å². The Morgan fingerprint density at radius 3 is 2.52 bits per heavy atom. The maximum absolute atomic E-state index is 13.1. The van der Waals surface area contributed by atoms with E-state index in [-0.39, 0.29) is 5.91 Å². The summed E-state index contributed by atoms with van der Waals surface area (Å²) in [4.78, 5) is 14.3. The fourth-order valence-electron chi connectivity index (χ4n) is 3.77. The molecule has 0 N–H and O–H groups in total. The van der Waals surface area contributed by atoms with Crippen molar-refractivity contribution in [1.82, 2.24) is 9.21 Å². The van der Waals surface area contributed by atoms with Crippen LogP contribution in [0, 0.1) is 0 Å². The van der Waals surface area contributed by atoms with E-state index in [0.29, 0.717) is 43.9 Å². The minimum atomic E-state index is -3.48. The van der Waals surface area contributed by atoms with Crippen molar-refractivity contribution in [2.24, 2.45) is 0 Å². The van der Waals surface area contributed by atoms with Crippen LogP contribution in [0.2, 0.25) is 0 Å².